The number of ether oxygens (including phenoxy) is 1. The molecule has 0 saturated carbocycles. The van der Waals surface area contributed by atoms with E-state index in [1.54, 1.807) is 12.3 Å². The number of pyridine rings is 1. The topological polar surface area (TPSA) is 96.9 Å². The lowest BCUT2D eigenvalue weighted by Gasteiger charge is -2.02. The second-order valence-electron chi connectivity index (χ2n) is 3.01. The van der Waals surface area contributed by atoms with Gasteiger partial charge in [0.25, 0.3) is 0 Å². The Morgan fingerprint density at radius 1 is 1.69 bits per heavy atom. The van der Waals surface area contributed by atoms with Crippen LogP contribution >= 0.6 is 0 Å². The Hall–Kier alpha value is -2.20. The molecule has 0 fully saturated rings. The smallest absolute Gasteiger partial charge is 0.236 e. The summed E-state index contributed by atoms with van der Waals surface area (Å²) in [7, 11) is 1.52. The third-order valence-electron chi connectivity index (χ3n) is 1.86. The van der Waals surface area contributed by atoms with Crippen molar-refractivity contribution in [1.29, 1.82) is 0 Å². The lowest BCUT2D eigenvalue weighted by atomic mass is 10.2. The van der Waals surface area contributed by atoms with Crippen LogP contribution in [-0.4, -0.2) is 18.6 Å². The van der Waals surface area contributed by atoms with Gasteiger partial charge in [-0.25, -0.2) is 4.98 Å². The molecule has 2 N–H and O–H groups in total. The van der Waals surface area contributed by atoms with Crippen LogP contribution in [0.15, 0.2) is 23.5 Å². The first-order chi connectivity index (χ1) is 7.77. The highest BCUT2D eigenvalue weighted by atomic mass is 16.5. The van der Waals surface area contributed by atoms with E-state index in [1.165, 1.54) is 7.11 Å². The fraction of sp³-hybridized carbons (Fsp3) is 0.300. The Morgan fingerprint density at radius 3 is 3.12 bits per heavy atom. The van der Waals surface area contributed by atoms with Gasteiger partial charge in [-0.1, -0.05) is 17.3 Å². The number of nitrogens with two attached hydrogens (primary N) is 1. The summed E-state index contributed by atoms with van der Waals surface area (Å²) in [4.78, 5) is 6.69. The van der Waals surface area contributed by atoms with E-state index in [9.17, 15) is 0 Å². The predicted molar refractivity (Wildman–Crippen MR) is 62.9 cm³/mol. The zero-order chi connectivity index (χ0) is 11.8. The zero-order valence-electron chi connectivity index (χ0n) is 9.00. The summed E-state index contributed by atoms with van der Waals surface area (Å²) in [6.45, 7) is 0.450. The maximum Gasteiger partial charge on any atom is 0.236 e. The Morgan fingerprint density at radius 2 is 2.50 bits per heavy atom. The van der Waals surface area contributed by atoms with Crippen molar-refractivity contribution in [2.24, 2.45) is 5.11 Å². The average molecular weight is 219 g/mol. The quantitative estimate of drug-likeness (QED) is 0.356. The van der Waals surface area contributed by atoms with E-state index in [-0.39, 0.29) is 0 Å². The second-order valence-corrected chi connectivity index (χ2v) is 3.01. The van der Waals surface area contributed by atoms with E-state index in [0.717, 1.165) is 5.56 Å². The van der Waals surface area contributed by atoms with E-state index < -0.39 is 0 Å². The number of nitrogen functional groups attached to an aromatic ring is 1. The molecule has 1 heterocycles. The van der Waals surface area contributed by atoms with Gasteiger partial charge in [0.2, 0.25) is 5.88 Å². The van der Waals surface area contributed by atoms with Gasteiger partial charge < -0.3 is 10.5 Å². The third-order valence-corrected chi connectivity index (χ3v) is 1.86. The minimum absolute atomic E-state index is 0.422. The normalized spacial score (nSPS) is 10.1. The van der Waals surface area contributed by atoms with Crippen LogP contribution in [0.4, 0.5) is 5.69 Å². The van der Waals surface area contributed by atoms with E-state index in [1.807, 2.05) is 12.2 Å². The summed E-state index contributed by atoms with van der Waals surface area (Å²) in [5.41, 5.74) is 15.2. The standard InChI is InChI=1S/C10H13N5O/c1-16-10-9(11)6-8(7-13-10)4-2-3-5-14-15-12/h2,4,6-7H,3,5,11H2,1H3. The van der Waals surface area contributed by atoms with Crippen LogP contribution in [-0.2, 0) is 0 Å². The highest BCUT2D eigenvalue weighted by Crippen LogP contribution is 2.18. The van der Waals surface area contributed by atoms with Crippen molar-refractivity contribution >= 4 is 11.8 Å². The number of aromatic nitrogens is 1. The summed E-state index contributed by atoms with van der Waals surface area (Å²) >= 11 is 0. The molecule has 0 spiro atoms. The van der Waals surface area contributed by atoms with E-state index in [4.69, 9.17) is 16.0 Å². The zero-order valence-corrected chi connectivity index (χ0v) is 9.00. The maximum atomic E-state index is 8.07. The van der Waals surface area contributed by atoms with Gasteiger partial charge in [-0.3, -0.25) is 0 Å². The van der Waals surface area contributed by atoms with Gasteiger partial charge in [-0.2, -0.15) is 0 Å². The molecule has 1 rings (SSSR count). The monoisotopic (exact) mass is 219 g/mol. The van der Waals surface area contributed by atoms with Crippen molar-refractivity contribution in [1.82, 2.24) is 4.98 Å². The average Bonchev–Trinajstić information content (AvgIpc) is 2.29. The molecule has 0 amide bonds. The van der Waals surface area contributed by atoms with Gasteiger partial charge in [0.15, 0.2) is 0 Å². The van der Waals surface area contributed by atoms with Gasteiger partial charge in [0, 0.05) is 17.7 Å². The molecule has 0 aliphatic heterocycles. The Kier molecular flexibility index (Phi) is 4.69. The fourth-order valence-electron chi connectivity index (χ4n) is 1.14. The molecule has 0 radical (unpaired) electrons. The largest absolute Gasteiger partial charge is 0.480 e. The van der Waals surface area contributed by atoms with Crippen molar-refractivity contribution in [2.45, 2.75) is 6.42 Å². The lowest BCUT2D eigenvalue weighted by molar-refractivity contribution is 0.400. The van der Waals surface area contributed by atoms with Crippen LogP contribution in [0, 0.1) is 0 Å². The van der Waals surface area contributed by atoms with Crippen LogP contribution < -0.4 is 10.5 Å². The van der Waals surface area contributed by atoms with Crippen molar-refractivity contribution in [2.75, 3.05) is 19.4 Å². The summed E-state index contributed by atoms with van der Waals surface area (Å²) in [5, 5.41) is 3.42. The number of rotatable bonds is 5. The molecule has 0 saturated heterocycles. The summed E-state index contributed by atoms with van der Waals surface area (Å²) < 4.78 is 4.94. The lowest BCUT2D eigenvalue weighted by Crippen LogP contribution is -1.95. The van der Waals surface area contributed by atoms with Crippen molar-refractivity contribution in [3.05, 3.63) is 34.3 Å². The third kappa shape index (κ3) is 3.51. The first-order valence-corrected chi connectivity index (χ1v) is 4.75. The molecule has 6 nitrogen and oxygen atoms in total. The van der Waals surface area contributed by atoms with Crippen molar-refractivity contribution in [3.8, 4) is 5.88 Å². The predicted octanol–water partition coefficient (Wildman–Crippen LogP) is 2.39. The molecule has 0 unspecified atom stereocenters. The number of hydrogen-bond acceptors (Lipinski definition) is 4. The van der Waals surface area contributed by atoms with Crippen LogP contribution in [0.25, 0.3) is 16.5 Å². The molecule has 0 aliphatic rings. The number of nitrogens with zero attached hydrogens (tertiary/aromatic N) is 4. The molecule has 0 aromatic carbocycles. The molecule has 1 aromatic heterocycles. The maximum absolute atomic E-state index is 8.07. The molecule has 84 valence electrons. The van der Waals surface area contributed by atoms with Crippen LogP contribution in [0.1, 0.15) is 12.0 Å². The van der Waals surface area contributed by atoms with E-state index >= 15 is 0 Å². The number of anilines is 1. The molecule has 6 heteroatoms. The number of azide groups is 1. The van der Waals surface area contributed by atoms with E-state index in [0.29, 0.717) is 24.5 Å². The summed E-state index contributed by atoms with van der Waals surface area (Å²) in [6, 6.07) is 1.77. The Bertz CT molecular complexity index is 423. The van der Waals surface area contributed by atoms with Gasteiger partial charge in [-0.15, -0.1) is 0 Å². The second kappa shape index (κ2) is 6.31. The molecular weight excluding hydrogens is 206 g/mol. The number of hydrogen-bond donors (Lipinski definition) is 1. The Balaban J connectivity index is 2.60. The molecule has 16 heavy (non-hydrogen) atoms. The molecule has 0 aliphatic carbocycles. The summed E-state index contributed by atoms with van der Waals surface area (Å²) in [5.74, 6) is 0.422. The molecule has 0 atom stereocenters. The SMILES string of the molecule is COc1ncc(C=CCCN=[N+]=[N-])cc1N. The van der Waals surface area contributed by atoms with Gasteiger partial charge in [0.1, 0.15) is 0 Å². The van der Waals surface area contributed by atoms with Crippen LogP contribution in [0.2, 0.25) is 0 Å². The van der Waals surface area contributed by atoms with Gasteiger partial charge in [0.05, 0.1) is 12.8 Å². The number of methoxy groups -OCH3 is 1. The van der Waals surface area contributed by atoms with Gasteiger partial charge >= 0.3 is 0 Å². The first-order valence-electron chi connectivity index (χ1n) is 4.75. The minimum atomic E-state index is 0.422. The highest BCUT2D eigenvalue weighted by molar-refractivity contribution is 5.58. The van der Waals surface area contributed by atoms with Crippen LogP contribution in [0.5, 0.6) is 5.88 Å². The summed E-state index contributed by atoms with van der Waals surface area (Å²) in [6.07, 6.45) is 6.13. The molecular formula is C10H13N5O. The van der Waals surface area contributed by atoms with Gasteiger partial charge in [-0.05, 0) is 23.6 Å². The van der Waals surface area contributed by atoms with E-state index in [2.05, 4.69) is 15.0 Å². The fourth-order valence-corrected chi connectivity index (χ4v) is 1.14. The molecule has 1 aromatic rings. The first kappa shape index (κ1) is 11.9. The highest BCUT2D eigenvalue weighted by Gasteiger charge is 1.99. The Labute approximate surface area is 93.4 Å². The van der Waals surface area contributed by atoms with Crippen LogP contribution in [0.3, 0.4) is 0 Å². The molecule has 0 bridgehead atoms. The van der Waals surface area contributed by atoms with Crippen molar-refractivity contribution in [3.63, 3.8) is 0 Å². The minimum Gasteiger partial charge on any atom is -0.480 e. The van der Waals surface area contributed by atoms with Crippen molar-refractivity contribution < 1.29 is 4.74 Å².